The van der Waals surface area contributed by atoms with E-state index in [1.807, 2.05) is 12.1 Å². The van der Waals surface area contributed by atoms with Crippen LogP contribution in [-0.2, 0) is 0 Å². The van der Waals surface area contributed by atoms with E-state index in [0.29, 0.717) is 16.8 Å². The van der Waals surface area contributed by atoms with E-state index in [4.69, 9.17) is 10.9 Å². The van der Waals surface area contributed by atoms with E-state index in [1.54, 1.807) is 30.3 Å². The molecule has 0 spiro atoms. The van der Waals surface area contributed by atoms with Crippen LogP contribution in [0.3, 0.4) is 0 Å². The topological polar surface area (TPSA) is 87.7 Å². The largest absolute Gasteiger partial charge is 0.409 e. The number of anilines is 1. The van der Waals surface area contributed by atoms with E-state index in [-0.39, 0.29) is 11.7 Å². The van der Waals surface area contributed by atoms with Crippen molar-refractivity contribution in [2.24, 2.45) is 10.9 Å². The van der Waals surface area contributed by atoms with Crippen LogP contribution in [0.15, 0.2) is 52.1 Å². The highest BCUT2D eigenvalue weighted by Gasteiger charge is 2.12. The van der Waals surface area contributed by atoms with E-state index in [0.717, 1.165) is 8.04 Å². The summed E-state index contributed by atoms with van der Waals surface area (Å²) in [6.07, 6.45) is 0. The first kappa shape index (κ1) is 15.8. The van der Waals surface area contributed by atoms with Crippen molar-refractivity contribution < 1.29 is 10.0 Å². The fourth-order valence-corrected chi connectivity index (χ4v) is 2.41. The van der Waals surface area contributed by atoms with Gasteiger partial charge in [0.1, 0.15) is 0 Å². The second-order valence-electron chi connectivity index (χ2n) is 4.14. The molecule has 0 radical (unpaired) electrons. The number of carbonyl (C=O) groups is 1. The number of oxime groups is 1. The van der Waals surface area contributed by atoms with Crippen LogP contribution >= 0.6 is 38.5 Å². The second-order valence-corrected chi connectivity index (χ2v) is 6.30. The molecule has 0 atom stereocenters. The first-order valence-electron chi connectivity index (χ1n) is 5.85. The van der Waals surface area contributed by atoms with Crippen LogP contribution in [0.25, 0.3) is 0 Å². The molecular weight excluding hydrogens is 449 g/mol. The van der Waals surface area contributed by atoms with Crippen molar-refractivity contribution in [3.05, 3.63) is 61.6 Å². The van der Waals surface area contributed by atoms with Gasteiger partial charge in [-0.25, -0.2) is 0 Å². The third-order valence-corrected chi connectivity index (χ3v) is 3.93. The lowest BCUT2D eigenvalue weighted by Crippen LogP contribution is -2.19. The number of amidine groups is 1. The van der Waals surface area contributed by atoms with Crippen LogP contribution in [0.5, 0.6) is 0 Å². The number of benzene rings is 2. The Hall–Kier alpha value is -1.61. The fourth-order valence-electron chi connectivity index (χ4n) is 1.69. The smallest absolute Gasteiger partial charge is 0.255 e. The van der Waals surface area contributed by atoms with Crippen molar-refractivity contribution in [2.45, 2.75) is 0 Å². The molecule has 0 fully saturated rings. The van der Waals surface area contributed by atoms with Gasteiger partial charge >= 0.3 is 0 Å². The summed E-state index contributed by atoms with van der Waals surface area (Å²) in [6.45, 7) is 0. The van der Waals surface area contributed by atoms with Gasteiger partial charge in [0.15, 0.2) is 5.84 Å². The maximum absolute atomic E-state index is 12.2. The molecule has 0 saturated heterocycles. The lowest BCUT2D eigenvalue weighted by molar-refractivity contribution is 0.102. The van der Waals surface area contributed by atoms with Crippen LogP contribution < -0.4 is 11.1 Å². The van der Waals surface area contributed by atoms with Gasteiger partial charge in [0, 0.05) is 19.2 Å². The summed E-state index contributed by atoms with van der Waals surface area (Å²) in [6, 6.07) is 12.3. The third kappa shape index (κ3) is 3.94. The van der Waals surface area contributed by atoms with E-state index in [9.17, 15) is 4.79 Å². The van der Waals surface area contributed by atoms with Crippen LogP contribution in [0.1, 0.15) is 15.9 Å². The van der Waals surface area contributed by atoms with Crippen molar-refractivity contribution >= 4 is 56.0 Å². The van der Waals surface area contributed by atoms with Gasteiger partial charge in [0.2, 0.25) is 0 Å². The molecule has 0 aliphatic heterocycles. The molecule has 0 aliphatic rings. The molecule has 2 aromatic carbocycles. The number of nitrogens with one attached hydrogen (secondary N) is 1. The standard InChI is InChI=1S/C14H11BrIN3O2/c15-9-3-6-11(13(17)19-21)12(7-9)18-14(20)8-1-4-10(16)5-2-8/h1-7,21H,(H2,17,19)(H,18,20). The zero-order valence-electron chi connectivity index (χ0n) is 10.7. The maximum atomic E-state index is 12.2. The maximum Gasteiger partial charge on any atom is 0.255 e. The highest BCUT2D eigenvalue weighted by Crippen LogP contribution is 2.22. The predicted molar refractivity (Wildman–Crippen MR) is 93.8 cm³/mol. The number of hydrogen-bond acceptors (Lipinski definition) is 3. The monoisotopic (exact) mass is 459 g/mol. The molecule has 21 heavy (non-hydrogen) atoms. The van der Waals surface area contributed by atoms with Gasteiger partial charge in [-0.05, 0) is 65.1 Å². The van der Waals surface area contributed by atoms with E-state index in [2.05, 4.69) is 49.0 Å². The molecule has 2 rings (SSSR count). The number of carbonyl (C=O) groups excluding carboxylic acids is 1. The Morgan fingerprint density at radius 3 is 2.52 bits per heavy atom. The third-order valence-electron chi connectivity index (χ3n) is 2.72. The van der Waals surface area contributed by atoms with Crippen molar-refractivity contribution in [1.82, 2.24) is 0 Å². The Morgan fingerprint density at radius 1 is 1.24 bits per heavy atom. The first-order chi connectivity index (χ1) is 10.0. The summed E-state index contributed by atoms with van der Waals surface area (Å²) >= 11 is 5.50. The predicted octanol–water partition coefficient (Wildman–Crippen LogP) is 3.40. The molecule has 0 aromatic heterocycles. The average Bonchev–Trinajstić information content (AvgIpc) is 2.47. The molecule has 0 saturated carbocycles. The fraction of sp³-hybridized carbons (Fsp3) is 0. The SMILES string of the molecule is N/C(=N/O)c1ccc(Br)cc1NC(=O)c1ccc(I)cc1. The molecule has 2 aromatic rings. The van der Waals surface area contributed by atoms with E-state index in [1.165, 1.54) is 0 Å². The minimum atomic E-state index is -0.267. The molecule has 0 aliphatic carbocycles. The van der Waals surface area contributed by atoms with Crippen molar-refractivity contribution in [1.29, 1.82) is 0 Å². The van der Waals surface area contributed by atoms with Gasteiger partial charge in [-0.3, -0.25) is 4.79 Å². The van der Waals surface area contributed by atoms with Gasteiger partial charge in [-0.15, -0.1) is 0 Å². The van der Waals surface area contributed by atoms with Crippen LogP contribution in [-0.4, -0.2) is 17.0 Å². The second kappa shape index (κ2) is 6.90. The van der Waals surface area contributed by atoms with E-state index >= 15 is 0 Å². The number of halogens is 2. The zero-order chi connectivity index (χ0) is 15.4. The van der Waals surface area contributed by atoms with Gasteiger partial charge in [0.05, 0.1) is 5.69 Å². The summed E-state index contributed by atoms with van der Waals surface area (Å²) in [5.74, 6) is -0.336. The van der Waals surface area contributed by atoms with Gasteiger partial charge in [-0.1, -0.05) is 21.1 Å². The highest BCUT2D eigenvalue weighted by molar-refractivity contribution is 14.1. The minimum absolute atomic E-state index is 0.0691. The van der Waals surface area contributed by atoms with Crippen LogP contribution in [0, 0.1) is 3.57 Å². The molecule has 4 N–H and O–H groups in total. The molecule has 108 valence electrons. The van der Waals surface area contributed by atoms with Crippen LogP contribution in [0.4, 0.5) is 5.69 Å². The Kier molecular flexibility index (Phi) is 5.18. The number of amides is 1. The van der Waals surface area contributed by atoms with Gasteiger partial charge < -0.3 is 16.3 Å². The number of nitrogens with zero attached hydrogens (tertiary/aromatic N) is 1. The van der Waals surface area contributed by atoms with Crippen LogP contribution in [0.2, 0.25) is 0 Å². The molecule has 5 nitrogen and oxygen atoms in total. The van der Waals surface area contributed by atoms with Crippen molar-refractivity contribution in [2.75, 3.05) is 5.32 Å². The summed E-state index contributed by atoms with van der Waals surface area (Å²) in [7, 11) is 0. The number of hydrogen-bond donors (Lipinski definition) is 3. The van der Waals surface area contributed by atoms with Crippen molar-refractivity contribution in [3.63, 3.8) is 0 Å². The first-order valence-corrected chi connectivity index (χ1v) is 7.73. The van der Waals surface area contributed by atoms with Gasteiger partial charge in [-0.2, -0.15) is 0 Å². The Bertz CT molecular complexity index is 702. The summed E-state index contributed by atoms with van der Waals surface area (Å²) in [4.78, 5) is 12.2. The average molecular weight is 460 g/mol. The lowest BCUT2D eigenvalue weighted by Gasteiger charge is -2.11. The Morgan fingerprint density at radius 2 is 1.90 bits per heavy atom. The molecule has 0 unspecified atom stereocenters. The molecule has 0 bridgehead atoms. The lowest BCUT2D eigenvalue weighted by atomic mass is 10.1. The molecule has 0 heterocycles. The Balaban J connectivity index is 2.32. The normalized spacial score (nSPS) is 11.2. The Labute approximate surface area is 143 Å². The molecule has 7 heteroatoms. The number of rotatable bonds is 3. The van der Waals surface area contributed by atoms with E-state index < -0.39 is 0 Å². The van der Waals surface area contributed by atoms with Crippen molar-refractivity contribution in [3.8, 4) is 0 Å². The summed E-state index contributed by atoms with van der Waals surface area (Å²) in [5, 5.41) is 14.5. The summed E-state index contributed by atoms with van der Waals surface area (Å²) in [5.41, 5.74) is 7.05. The quantitative estimate of drug-likeness (QED) is 0.216. The highest BCUT2D eigenvalue weighted by atomic mass is 127. The minimum Gasteiger partial charge on any atom is -0.409 e. The number of nitrogens with two attached hydrogens (primary N) is 1. The van der Waals surface area contributed by atoms with Gasteiger partial charge in [0.25, 0.3) is 5.91 Å². The molecular formula is C14H11BrIN3O2. The summed E-state index contributed by atoms with van der Waals surface area (Å²) < 4.78 is 1.82. The molecule has 1 amide bonds. The zero-order valence-corrected chi connectivity index (χ0v) is 14.4.